The third-order valence-electron chi connectivity index (χ3n) is 2.62. The largest absolute Gasteiger partial charge is 0.480 e. The molecular weight excluding hydrogens is 282 g/mol. The van der Waals surface area contributed by atoms with Crippen molar-refractivity contribution < 1.29 is 19.5 Å². The number of hydrogen-bond donors (Lipinski definition) is 4. The summed E-state index contributed by atoms with van der Waals surface area (Å²) >= 11 is 1.50. The van der Waals surface area contributed by atoms with E-state index in [0.29, 0.717) is 18.7 Å². The molecule has 0 bridgehead atoms. The summed E-state index contributed by atoms with van der Waals surface area (Å²) in [5, 5.41) is 14.0. The van der Waals surface area contributed by atoms with Gasteiger partial charge in [-0.05, 0) is 31.8 Å². The molecule has 2 amide bonds. The lowest BCUT2D eigenvalue weighted by Gasteiger charge is -2.17. The predicted octanol–water partition coefficient (Wildman–Crippen LogP) is -0.447. The lowest BCUT2D eigenvalue weighted by atomic mass is 10.1. The van der Waals surface area contributed by atoms with Crippen LogP contribution in [0.15, 0.2) is 0 Å². The molecule has 0 saturated carbocycles. The summed E-state index contributed by atoms with van der Waals surface area (Å²) < 4.78 is 0. The SMILES string of the molecule is CCNC(=O)CC[C@H](N)C(=O)N[C@@H](CCSC)C(=O)O. The number of nitrogens with two attached hydrogens (primary N) is 1. The van der Waals surface area contributed by atoms with Gasteiger partial charge in [0.25, 0.3) is 0 Å². The van der Waals surface area contributed by atoms with Crippen LogP contribution < -0.4 is 16.4 Å². The molecule has 0 aromatic carbocycles. The normalized spacial score (nSPS) is 13.3. The van der Waals surface area contributed by atoms with E-state index in [1.165, 1.54) is 11.8 Å². The second-order valence-corrected chi connectivity index (χ2v) is 5.27. The highest BCUT2D eigenvalue weighted by Crippen LogP contribution is 2.02. The fourth-order valence-electron chi connectivity index (χ4n) is 1.48. The van der Waals surface area contributed by atoms with E-state index in [4.69, 9.17) is 10.8 Å². The minimum absolute atomic E-state index is 0.144. The van der Waals surface area contributed by atoms with Gasteiger partial charge in [-0.25, -0.2) is 4.79 Å². The molecule has 116 valence electrons. The summed E-state index contributed by atoms with van der Waals surface area (Å²) in [5.41, 5.74) is 5.65. The Labute approximate surface area is 123 Å². The lowest BCUT2D eigenvalue weighted by Crippen LogP contribution is -2.48. The standard InChI is InChI=1S/C12H23N3O4S/c1-3-14-10(16)5-4-8(13)11(17)15-9(12(18)19)6-7-20-2/h8-9H,3-7,13H2,1-2H3,(H,14,16)(H,15,17)(H,18,19)/t8-,9-/m0/s1. The van der Waals surface area contributed by atoms with E-state index in [1.54, 1.807) is 6.92 Å². The molecule has 0 aliphatic carbocycles. The topological polar surface area (TPSA) is 122 Å². The number of nitrogens with one attached hydrogen (secondary N) is 2. The summed E-state index contributed by atoms with van der Waals surface area (Å²) in [7, 11) is 0. The summed E-state index contributed by atoms with van der Waals surface area (Å²) in [6.45, 7) is 2.32. The zero-order chi connectivity index (χ0) is 15.5. The van der Waals surface area contributed by atoms with Crippen molar-refractivity contribution in [1.29, 1.82) is 0 Å². The van der Waals surface area contributed by atoms with Crippen molar-refractivity contribution in [2.75, 3.05) is 18.6 Å². The average molecular weight is 305 g/mol. The van der Waals surface area contributed by atoms with Crippen LogP contribution in [0.25, 0.3) is 0 Å². The van der Waals surface area contributed by atoms with Crippen LogP contribution in [-0.4, -0.2) is 53.5 Å². The third kappa shape index (κ3) is 8.00. The average Bonchev–Trinajstić information content (AvgIpc) is 2.40. The van der Waals surface area contributed by atoms with Gasteiger partial charge in [-0.15, -0.1) is 0 Å². The first-order valence-corrected chi connectivity index (χ1v) is 7.86. The lowest BCUT2D eigenvalue weighted by molar-refractivity contribution is -0.142. The van der Waals surface area contributed by atoms with Crippen LogP contribution in [0.3, 0.4) is 0 Å². The summed E-state index contributed by atoms with van der Waals surface area (Å²) in [6.07, 6.45) is 2.53. The van der Waals surface area contributed by atoms with Crippen LogP contribution in [0.1, 0.15) is 26.2 Å². The van der Waals surface area contributed by atoms with Crippen LogP contribution in [0, 0.1) is 0 Å². The Morgan fingerprint density at radius 2 is 1.95 bits per heavy atom. The van der Waals surface area contributed by atoms with Gasteiger partial charge in [-0.2, -0.15) is 11.8 Å². The van der Waals surface area contributed by atoms with Crippen LogP contribution in [0.2, 0.25) is 0 Å². The van der Waals surface area contributed by atoms with Crippen LogP contribution in [0.4, 0.5) is 0 Å². The highest BCUT2D eigenvalue weighted by Gasteiger charge is 2.23. The number of amides is 2. The summed E-state index contributed by atoms with van der Waals surface area (Å²) in [5.74, 6) is -1.16. The molecular formula is C12H23N3O4S. The second-order valence-electron chi connectivity index (χ2n) is 4.28. The van der Waals surface area contributed by atoms with E-state index < -0.39 is 24.0 Å². The molecule has 5 N–H and O–H groups in total. The van der Waals surface area contributed by atoms with Gasteiger partial charge in [0.05, 0.1) is 6.04 Å². The van der Waals surface area contributed by atoms with Crippen LogP contribution >= 0.6 is 11.8 Å². The minimum Gasteiger partial charge on any atom is -0.480 e. The summed E-state index contributed by atoms with van der Waals surface area (Å²) in [6, 6.07) is -1.82. The number of rotatable bonds is 10. The van der Waals surface area contributed by atoms with E-state index in [2.05, 4.69) is 10.6 Å². The maximum absolute atomic E-state index is 11.8. The molecule has 0 unspecified atom stereocenters. The van der Waals surface area contributed by atoms with Crippen molar-refractivity contribution in [2.24, 2.45) is 5.73 Å². The Bertz CT molecular complexity index is 339. The fourth-order valence-corrected chi connectivity index (χ4v) is 1.95. The number of carboxylic acids is 1. The Kier molecular flexibility index (Phi) is 9.83. The zero-order valence-corrected chi connectivity index (χ0v) is 12.7. The van der Waals surface area contributed by atoms with Gasteiger partial charge in [0.2, 0.25) is 11.8 Å². The molecule has 7 nitrogen and oxygen atoms in total. The Morgan fingerprint density at radius 1 is 1.30 bits per heavy atom. The molecule has 0 radical (unpaired) electrons. The molecule has 0 aromatic rings. The van der Waals surface area contributed by atoms with Crippen LogP contribution in [-0.2, 0) is 14.4 Å². The van der Waals surface area contributed by atoms with Crippen molar-refractivity contribution in [2.45, 2.75) is 38.3 Å². The number of carboxylic acid groups (broad SMARTS) is 1. The zero-order valence-electron chi connectivity index (χ0n) is 11.8. The smallest absolute Gasteiger partial charge is 0.326 e. The van der Waals surface area contributed by atoms with Gasteiger partial charge in [0, 0.05) is 13.0 Å². The van der Waals surface area contributed by atoms with Gasteiger partial charge >= 0.3 is 5.97 Å². The number of aliphatic carboxylic acids is 1. The number of carbonyl (C=O) groups excluding carboxylic acids is 2. The first kappa shape index (κ1) is 18.7. The molecule has 0 aliphatic heterocycles. The Balaban J connectivity index is 4.21. The fraction of sp³-hybridized carbons (Fsp3) is 0.750. The van der Waals surface area contributed by atoms with Crippen molar-refractivity contribution in [3.05, 3.63) is 0 Å². The van der Waals surface area contributed by atoms with Crippen molar-refractivity contribution in [1.82, 2.24) is 10.6 Å². The molecule has 0 rings (SSSR count). The number of hydrogen-bond acceptors (Lipinski definition) is 5. The van der Waals surface area contributed by atoms with Crippen molar-refractivity contribution in [3.63, 3.8) is 0 Å². The highest BCUT2D eigenvalue weighted by atomic mass is 32.2. The molecule has 0 heterocycles. The first-order chi connectivity index (χ1) is 9.42. The number of thioether (sulfide) groups is 1. The van der Waals surface area contributed by atoms with E-state index in [-0.39, 0.29) is 18.7 Å². The quantitative estimate of drug-likeness (QED) is 0.434. The molecule has 20 heavy (non-hydrogen) atoms. The molecule has 0 aliphatic rings. The highest BCUT2D eigenvalue weighted by molar-refractivity contribution is 7.98. The van der Waals surface area contributed by atoms with E-state index >= 15 is 0 Å². The van der Waals surface area contributed by atoms with Gasteiger partial charge in [-0.1, -0.05) is 0 Å². The van der Waals surface area contributed by atoms with Gasteiger partial charge in [0.15, 0.2) is 0 Å². The van der Waals surface area contributed by atoms with Gasteiger partial charge in [0.1, 0.15) is 6.04 Å². The Morgan fingerprint density at radius 3 is 2.45 bits per heavy atom. The monoisotopic (exact) mass is 305 g/mol. The number of carbonyl (C=O) groups is 3. The van der Waals surface area contributed by atoms with Crippen LogP contribution in [0.5, 0.6) is 0 Å². The third-order valence-corrected chi connectivity index (χ3v) is 3.26. The predicted molar refractivity (Wildman–Crippen MR) is 78.5 cm³/mol. The van der Waals surface area contributed by atoms with E-state index in [1.807, 2.05) is 6.26 Å². The van der Waals surface area contributed by atoms with Crippen molar-refractivity contribution in [3.8, 4) is 0 Å². The van der Waals surface area contributed by atoms with Gasteiger partial charge in [-0.3, -0.25) is 9.59 Å². The maximum Gasteiger partial charge on any atom is 0.326 e. The van der Waals surface area contributed by atoms with Crippen molar-refractivity contribution >= 4 is 29.5 Å². The molecule has 0 saturated heterocycles. The molecule has 8 heteroatoms. The van der Waals surface area contributed by atoms with E-state index in [0.717, 1.165) is 0 Å². The first-order valence-electron chi connectivity index (χ1n) is 6.46. The molecule has 0 spiro atoms. The molecule has 2 atom stereocenters. The minimum atomic E-state index is -1.08. The Hall–Kier alpha value is -1.28. The van der Waals surface area contributed by atoms with Gasteiger partial charge < -0.3 is 21.5 Å². The second kappa shape index (κ2) is 10.5. The summed E-state index contributed by atoms with van der Waals surface area (Å²) in [4.78, 5) is 34.0. The maximum atomic E-state index is 11.8. The molecule has 0 fully saturated rings. The molecule has 0 aromatic heterocycles. The van der Waals surface area contributed by atoms with E-state index in [9.17, 15) is 14.4 Å².